The molecule has 5 N–H and O–H groups in total. The van der Waals surface area contributed by atoms with Crippen LogP contribution in [0.15, 0.2) is 35.2 Å². The first-order valence-corrected chi connectivity index (χ1v) is 11.7. The highest BCUT2D eigenvalue weighted by Crippen LogP contribution is 2.32. The minimum Gasteiger partial charge on any atom is -0.444 e. The van der Waals surface area contributed by atoms with Crippen molar-refractivity contribution in [3.8, 4) is 11.5 Å². The van der Waals surface area contributed by atoms with Crippen LogP contribution in [-0.4, -0.2) is 61.4 Å². The minimum atomic E-state index is -1.43. The number of nitrogens with zero attached hydrogens (tertiary/aromatic N) is 4. The van der Waals surface area contributed by atoms with Crippen LogP contribution in [0.4, 0.5) is 16.3 Å². The number of nitrogens with two attached hydrogens (primary N) is 1. The van der Waals surface area contributed by atoms with Crippen molar-refractivity contribution in [2.75, 3.05) is 16.8 Å². The number of aliphatic hydroxyl groups excluding tert-OH is 1. The fraction of sp³-hybridized carbons (Fsp3) is 0.417. The van der Waals surface area contributed by atoms with E-state index in [0.717, 1.165) is 12.8 Å². The van der Waals surface area contributed by atoms with E-state index in [2.05, 4.69) is 25.5 Å². The summed E-state index contributed by atoms with van der Waals surface area (Å²) in [6, 6.07) is 3.31. The Kier molecular flexibility index (Phi) is 7.25. The SMILES string of the molecule is CC(C)(C)OC(=O)N(CC1CC1)c1cc(-c2nc(C(=O)Nc3cn[nH]c3C[C@H](O)C(N)=O)co2)ccn1. The Bertz CT molecular complexity index is 1290. The number of oxazole rings is 1. The van der Waals surface area contributed by atoms with E-state index in [0.29, 0.717) is 29.5 Å². The Morgan fingerprint density at radius 3 is 2.78 bits per heavy atom. The summed E-state index contributed by atoms with van der Waals surface area (Å²) in [6.07, 6.45) is 4.06. The molecule has 1 aliphatic carbocycles. The van der Waals surface area contributed by atoms with E-state index in [4.69, 9.17) is 14.9 Å². The molecule has 37 heavy (non-hydrogen) atoms. The predicted molar refractivity (Wildman–Crippen MR) is 131 cm³/mol. The van der Waals surface area contributed by atoms with Gasteiger partial charge in [-0.15, -0.1) is 0 Å². The van der Waals surface area contributed by atoms with Crippen LogP contribution in [0.5, 0.6) is 0 Å². The van der Waals surface area contributed by atoms with Crippen LogP contribution < -0.4 is 16.0 Å². The maximum absolute atomic E-state index is 12.9. The molecule has 0 aliphatic heterocycles. The number of hydrogen-bond acceptors (Lipinski definition) is 9. The fourth-order valence-electron chi connectivity index (χ4n) is 3.40. The van der Waals surface area contributed by atoms with Gasteiger partial charge in [-0.1, -0.05) is 0 Å². The van der Waals surface area contributed by atoms with Crippen molar-refractivity contribution in [1.29, 1.82) is 0 Å². The Balaban J connectivity index is 1.50. The zero-order valence-electron chi connectivity index (χ0n) is 20.7. The lowest BCUT2D eigenvalue weighted by atomic mass is 10.1. The number of hydrogen-bond donors (Lipinski definition) is 4. The van der Waals surface area contributed by atoms with Gasteiger partial charge in [-0.2, -0.15) is 5.10 Å². The van der Waals surface area contributed by atoms with Crippen LogP contribution in [0.3, 0.4) is 0 Å². The normalized spacial score (nSPS) is 14.2. The third-order valence-electron chi connectivity index (χ3n) is 5.45. The second kappa shape index (κ2) is 10.4. The number of anilines is 2. The van der Waals surface area contributed by atoms with Gasteiger partial charge in [0.1, 0.15) is 23.8 Å². The first-order chi connectivity index (χ1) is 17.5. The molecule has 0 aromatic carbocycles. The van der Waals surface area contributed by atoms with Gasteiger partial charge in [0.25, 0.3) is 5.91 Å². The molecule has 3 amide bonds. The van der Waals surface area contributed by atoms with Gasteiger partial charge in [0.05, 0.1) is 17.6 Å². The maximum atomic E-state index is 12.9. The van der Waals surface area contributed by atoms with Crippen molar-refractivity contribution in [2.24, 2.45) is 11.7 Å². The van der Waals surface area contributed by atoms with E-state index >= 15 is 0 Å². The number of primary amides is 1. The van der Waals surface area contributed by atoms with E-state index < -0.39 is 29.6 Å². The monoisotopic (exact) mass is 511 g/mol. The first kappa shape index (κ1) is 25.8. The highest BCUT2D eigenvalue weighted by atomic mass is 16.6. The molecule has 3 heterocycles. The van der Waals surface area contributed by atoms with Gasteiger partial charge in [-0.05, 0) is 51.7 Å². The molecular weight excluding hydrogens is 482 g/mol. The van der Waals surface area contributed by atoms with E-state index in [9.17, 15) is 19.5 Å². The Morgan fingerprint density at radius 1 is 1.35 bits per heavy atom. The van der Waals surface area contributed by atoms with E-state index in [1.54, 1.807) is 32.9 Å². The topological polar surface area (TPSA) is 190 Å². The molecule has 0 unspecified atom stereocenters. The first-order valence-electron chi connectivity index (χ1n) is 11.7. The van der Waals surface area contributed by atoms with Crippen molar-refractivity contribution < 1.29 is 28.6 Å². The van der Waals surface area contributed by atoms with Gasteiger partial charge in [0.15, 0.2) is 5.69 Å². The Labute approximate surface area is 212 Å². The highest BCUT2D eigenvalue weighted by molar-refractivity contribution is 6.03. The summed E-state index contributed by atoms with van der Waals surface area (Å²) in [7, 11) is 0. The number of ether oxygens (including phenoxy) is 1. The molecule has 1 fully saturated rings. The third kappa shape index (κ3) is 6.70. The number of H-pyrrole nitrogens is 1. The molecule has 13 heteroatoms. The summed E-state index contributed by atoms with van der Waals surface area (Å²) in [4.78, 5) is 46.9. The number of aromatic nitrogens is 4. The number of pyridine rings is 1. The quantitative estimate of drug-likeness (QED) is 0.334. The lowest BCUT2D eigenvalue weighted by Gasteiger charge is -2.27. The summed E-state index contributed by atoms with van der Waals surface area (Å²) in [5.74, 6) is -0.552. The van der Waals surface area contributed by atoms with Gasteiger partial charge in [0.2, 0.25) is 11.8 Å². The number of rotatable bonds is 9. The van der Waals surface area contributed by atoms with Crippen LogP contribution in [0.1, 0.15) is 49.8 Å². The zero-order chi connectivity index (χ0) is 26.7. The smallest absolute Gasteiger partial charge is 0.416 e. The van der Waals surface area contributed by atoms with Crippen LogP contribution in [-0.2, 0) is 16.0 Å². The second-order valence-electron chi connectivity index (χ2n) is 9.81. The summed E-state index contributed by atoms with van der Waals surface area (Å²) >= 11 is 0. The third-order valence-corrected chi connectivity index (χ3v) is 5.45. The van der Waals surface area contributed by atoms with Crippen molar-refractivity contribution in [2.45, 2.75) is 51.7 Å². The van der Waals surface area contributed by atoms with Gasteiger partial charge in [-0.3, -0.25) is 19.6 Å². The van der Waals surface area contributed by atoms with Crippen molar-refractivity contribution in [3.05, 3.63) is 42.2 Å². The number of amides is 3. The molecule has 0 spiro atoms. The van der Waals surface area contributed by atoms with Crippen LogP contribution in [0.25, 0.3) is 11.5 Å². The van der Waals surface area contributed by atoms with Crippen molar-refractivity contribution in [1.82, 2.24) is 20.2 Å². The second-order valence-corrected chi connectivity index (χ2v) is 9.81. The predicted octanol–water partition coefficient (Wildman–Crippen LogP) is 2.25. The van der Waals surface area contributed by atoms with E-state index in [-0.39, 0.29) is 23.7 Å². The average molecular weight is 512 g/mol. The molecule has 1 saturated carbocycles. The maximum Gasteiger partial charge on any atom is 0.416 e. The minimum absolute atomic E-state index is 0.0158. The van der Waals surface area contributed by atoms with Gasteiger partial charge >= 0.3 is 6.09 Å². The molecule has 196 valence electrons. The number of aliphatic hydroxyl groups is 1. The molecule has 3 aromatic heterocycles. The average Bonchev–Trinajstić information content (AvgIpc) is 3.32. The Morgan fingerprint density at radius 2 is 2.11 bits per heavy atom. The molecule has 0 saturated heterocycles. The summed E-state index contributed by atoms with van der Waals surface area (Å²) in [5, 5.41) is 18.8. The summed E-state index contributed by atoms with van der Waals surface area (Å²) in [5.41, 5.74) is 5.51. The molecular formula is C24H29N7O6. The van der Waals surface area contributed by atoms with Crippen molar-refractivity contribution >= 4 is 29.4 Å². The number of carbonyl (C=O) groups is 3. The highest BCUT2D eigenvalue weighted by Gasteiger charge is 2.31. The molecule has 3 aromatic rings. The van der Waals surface area contributed by atoms with Gasteiger partial charge in [-0.25, -0.2) is 14.8 Å². The number of nitrogens with one attached hydrogen (secondary N) is 2. The summed E-state index contributed by atoms with van der Waals surface area (Å²) in [6.45, 7) is 5.89. The molecule has 0 bridgehead atoms. The summed E-state index contributed by atoms with van der Waals surface area (Å²) < 4.78 is 11.1. The van der Waals surface area contributed by atoms with Gasteiger partial charge < -0.3 is 25.3 Å². The van der Waals surface area contributed by atoms with Gasteiger partial charge in [0, 0.05) is 24.7 Å². The molecule has 1 aliphatic rings. The Hall–Kier alpha value is -4.26. The lowest BCUT2D eigenvalue weighted by molar-refractivity contribution is -0.125. The molecule has 13 nitrogen and oxygen atoms in total. The number of carbonyl (C=O) groups excluding carboxylic acids is 3. The molecule has 4 rings (SSSR count). The van der Waals surface area contributed by atoms with Crippen molar-refractivity contribution in [3.63, 3.8) is 0 Å². The molecule has 0 radical (unpaired) electrons. The zero-order valence-corrected chi connectivity index (χ0v) is 20.7. The lowest BCUT2D eigenvalue weighted by Crippen LogP contribution is -2.38. The number of aromatic amines is 1. The van der Waals surface area contributed by atoms with Crippen LogP contribution in [0, 0.1) is 5.92 Å². The largest absolute Gasteiger partial charge is 0.444 e. The van der Waals surface area contributed by atoms with Crippen LogP contribution >= 0.6 is 0 Å². The standard InChI is InChI=1S/C24H29N7O6/c1-24(2,3)37-23(35)31(11-13-4-5-13)19-8-14(6-7-26-19)22-29-17(12-36-22)21(34)28-16-10-27-30-15(16)9-18(32)20(25)33/h6-8,10,12-13,18,32H,4-5,9,11H2,1-3H3,(H2,25,33)(H,27,30)(H,28,34)/t18-/m0/s1. The van der Waals surface area contributed by atoms with E-state index in [1.165, 1.54) is 23.6 Å². The van der Waals surface area contributed by atoms with E-state index in [1.807, 2.05) is 0 Å². The van der Waals surface area contributed by atoms with Crippen LogP contribution in [0.2, 0.25) is 0 Å². The fourth-order valence-corrected chi connectivity index (χ4v) is 3.40. The molecule has 1 atom stereocenters.